The minimum absolute atomic E-state index is 0.0544. The molecule has 1 amide bonds. The molecule has 6 nitrogen and oxygen atoms in total. The number of nitrogens with one attached hydrogen (secondary N) is 2. The van der Waals surface area contributed by atoms with Crippen molar-refractivity contribution in [2.75, 3.05) is 10.0 Å². The van der Waals surface area contributed by atoms with Crippen molar-refractivity contribution < 1.29 is 17.6 Å². The molecule has 0 saturated carbocycles. The van der Waals surface area contributed by atoms with E-state index in [0.717, 1.165) is 24.3 Å². The standard InChI is InChI=1S/C20H14FN3O3S/c21-15-9-11-16(12-10-15)28(26,27)24-19-8-4-2-6-17(19)20(25)23-18-7-3-1-5-14(18)13-22/h1-12,24H,(H,23,25). The molecule has 0 spiro atoms. The van der Waals surface area contributed by atoms with E-state index in [0.29, 0.717) is 5.69 Å². The highest BCUT2D eigenvalue weighted by molar-refractivity contribution is 7.92. The summed E-state index contributed by atoms with van der Waals surface area (Å²) >= 11 is 0. The van der Waals surface area contributed by atoms with Gasteiger partial charge in [-0.2, -0.15) is 5.26 Å². The Morgan fingerprint density at radius 1 is 0.893 bits per heavy atom. The summed E-state index contributed by atoms with van der Waals surface area (Å²) in [5.41, 5.74) is 0.714. The number of para-hydroxylation sites is 2. The van der Waals surface area contributed by atoms with E-state index >= 15 is 0 Å². The van der Waals surface area contributed by atoms with E-state index in [4.69, 9.17) is 5.26 Å². The number of nitrogens with zero attached hydrogens (tertiary/aromatic N) is 1. The predicted molar refractivity (Wildman–Crippen MR) is 103 cm³/mol. The van der Waals surface area contributed by atoms with Crippen LogP contribution in [0.5, 0.6) is 0 Å². The number of hydrogen-bond acceptors (Lipinski definition) is 4. The number of rotatable bonds is 5. The highest BCUT2D eigenvalue weighted by atomic mass is 32.2. The van der Waals surface area contributed by atoms with Crippen LogP contribution in [0.4, 0.5) is 15.8 Å². The summed E-state index contributed by atoms with van der Waals surface area (Å²) < 4.78 is 40.5. The van der Waals surface area contributed by atoms with E-state index < -0.39 is 21.7 Å². The highest BCUT2D eigenvalue weighted by Crippen LogP contribution is 2.22. The maximum atomic E-state index is 13.0. The molecule has 0 unspecified atom stereocenters. The minimum atomic E-state index is -4.02. The van der Waals surface area contributed by atoms with Crippen molar-refractivity contribution in [1.29, 1.82) is 5.26 Å². The number of hydrogen-bond donors (Lipinski definition) is 2. The summed E-state index contributed by atoms with van der Waals surface area (Å²) in [4.78, 5) is 12.5. The maximum Gasteiger partial charge on any atom is 0.261 e. The number of amides is 1. The molecule has 0 aliphatic rings. The van der Waals surface area contributed by atoms with E-state index in [-0.39, 0.29) is 21.7 Å². The second-order valence-electron chi connectivity index (χ2n) is 5.72. The van der Waals surface area contributed by atoms with Gasteiger partial charge in [0.05, 0.1) is 27.4 Å². The number of nitriles is 1. The Bertz CT molecular complexity index is 1170. The Balaban J connectivity index is 1.90. The van der Waals surface area contributed by atoms with Crippen molar-refractivity contribution in [2.45, 2.75) is 4.90 Å². The molecule has 3 aromatic carbocycles. The molecule has 0 radical (unpaired) electrons. The van der Waals surface area contributed by atoms with Crippen LogP contribution in [0.25, 0.3) is 0 Å². The van der Waals surface area contributed by atoms with Crippen molar-refractivity contribution in [3.63, 3.8) is 0 Å². The molecule has 0 aliphatic heterocycles. The first-order chi connectivity index (χ1) is 13.4. The van der Waals surface area contributed by atoms with Gasteiger partial charge in [-0.05, 0) is 48.5 Å². The van der Waals surface area contributed by atoms with Gasteiger partial charge in [0.25, 0.3) is 15.9 Å². The molecule has 0 bridgehead atoms. The van der Waals surface area contributed by atoms with Gasteiger partial charge < -0.3 is 5.32 Å². The smallest absolute Gasteiger partial charge is 0.261 e. The number of halogens is 1. The number of benzene rings is 3. The summed E-state index contributed by atoms with van der Waals surface area (Å²) in [5.74, 6) is -1.14. The van der Waals surface area contributed by atoms with E-state index in [2.05, 4.69) is 10.0 Å². The molecule has 2 N–H and O–H groups in total. The zero-order valence-electron chi connectivity index (χ0n) is 14.4. The third-order valence-corrected chi connectivity index (χ3v) is 5.22. The average molecular weight is 395 g/mol. The number of carbonyl (C=O) groups is 1. The minimum Gasteiger partial charge on any atom is -0.321 e. The molecule has 0 atom stereocenters. The Morgan fingerprint density at radius 2 is 1.50 bits per heavy atom. The lowest BCUT2D eigenvalue weighted by molar-refractivity contribution is 0.102. The lowest BCUT2D eigenvalue weighted by Gasteiger charge is -2.13. The molecule has 8 heteroatoms. The van der Waals surface area contributed by atoms with Crippen molar-refractivity contribution in [1.82, 2.24) is 0 Å². The summed E-state index contributed by atoms with van der Waals surface area (Å²) in [6.45, 7) is 0. The fourth-order valence-electron chi connectivity index (χ4n) is 2.47. The van der Waals surface area contributed by atoms with Gasteiger partial charge in [0.1, 0.15) is 11.9 Å². The number of anilines is 2. The first kappa shape index (κ1) is 19.1. The van der Waals surface area contributed by atoms with Gasteiger partial charge in [0.2, 0.25) is 0 Å². The number of sulfonamides is 1. The first-order valence-electron chi connectivity index (χ1n) is 8.08. The third-order valence-electron chi connectivity index (χ3n) is 3.84. The van der Waals surface area contributed by atoms with Crippen LogP contribution < -0.4 is 10.0 Å². The lowest BCUT2D eigenvalue weighted by atomic mass is 10.1. The Labute approximate surface area is 161 Å². The zero-order chi connectivity index (χ0) is 20.1. The highest BCUT2D eigenvalue weighted by Gasteiger charge is 2.19. The topological polar surface area (TPSA) is 99.1 Å². The van der Waals surface area contributed by atoms with Crippen molar-refractivity contribution in [2.24, 2.45) is 0 Å². The molecule has 140 valence electrons. The zero-order valence-corrected chi connectivity index (χ0v) is 15.2. The van der Waals surface area contributed by atoms with E-state index in [9.17, 15) is 17.6 Å². The fraction of sp³-hybridized carbons (Fsp3) is 0. The Kier molecular flexibility index (Phi) is 5.38. The van der Waals surface area contributed by atoms with Gasteiger partial charge in [-0.3, -0.25) is 9.52 Å². The van der Waals surface area contributed by atoms with Crippen LogP contribution in [0.15, 0.2) is 77.7 Å². The molecule has 0 saturated heterocycles. The SMILES string of the molecule is N#Cc1ccccc1NC(=O)c1ccccc1NS(=O)(=O)c1ccc(F)cc1. The van der Waals surface area contributed by atoms with Gasteiger partial charge in [0, 0.05) is 0 Å². The Morgan fingerprint density at radius 3 is 2.18 bits per heavy atom. The van der Waals surface area contributed by atoms with Gasteiger partial charge in [-0.25, -0.2) is 12.8 Å². The van der Waals surface area contributed by atoms with E-state index in [1.165, 1.54) is 12.1 Å². The molecular formula is C20H14FN3O3S. The molecular weight excluding hydrogens is 381 g/mol. The van der Waals surface area contributed by atoms with Crippen LogP contribution in [-0.4, -0.2) is 14.3 Å². The predicted octanol–water partition coefficient (Wildman–Crippen LogP) is 3.75. The number of carbonyl (C=O) groups excluding carboxylic acids is 1. The molecule has 0 aromatic heterocycles. The summed E-state index contributed by atoms with van der Waals surface area (Å²) in [6.07, 6.45) is 0. The van der Waals surface area contributed by atoms with Gasteiger partial charge in [0.15, 0.2) is 0 Å². The third kappa shape index (κ3) is 4.16. The molecule has 0 fully saturated rings. The monoisotopic (exact) mass is 395 g/mol. The van der Waals surface area contributed by atoms with Crippen molar-refractivity contribution in [3.8, 4) is 6.07 Å². The summed E-state index contributed by atoms with van der Waals surface area (Å²) in [5, 5.41) is 11.7. The van der Waals surface area contributed by atoms with Crippen LogP contribution in [0.2, 0.25) is 0 Å². The van der Waals surface area contributed by atoms with Crippen molar-refractivity contribution in [3.05, 3.63) is 89.7 Å². The quantitative estimate of drug-likeness (QED) is 0.687. The molecule has 0 aliphatic carbocycles. The van der Waals surface area contributed by atoms with Gasteiger partial charge >= 0.3 is 0 Å². The lowest BCUT2D eigenvalue weighted by Crippen LogP contribution is -2.19. The second kappa shape index (κ2) is 7.90. The van der Waals surface area contributed by atoms with Crippen LogP contribution in [0.1, 0.15) is 15.9 Å². The van der Waals surface area contributed by atoms with Crippen LogP contribution in [0, 0.1) is 17.1 Å². The van der Waals surface area contributed by atoms with Crippen LogP contribution >= 0.6 is 0 Å². The average Bonchev–Trinajstić information content (AvgIpc) is 2.69. The molecule has 0 heterocycles. The molecule has 3 aromatic rings. The van der Waals surface area contributed by atoms with Crippen molar-refractivity contribution >= 4 is 27.3 Å². The Hall–Kier alpha value is -3.70. The normalized spacial score (nSPS) is 10.7. The molecule has 28 heavy (non-hydrogen) atoms. The van der Waals surface area contributed by atoms with Gasteiger partial charge in [-0.1, -0.05) is 24.3 Å². The molecule has 3 rings (SSSR count). The van der Waals surface area contributed by atoms with Crippen LogP contribution in [-0.2, 0) is 10.0 Å². The van der Waals surface area contributed by atoms with Gasteiger partial charge in [-0.15, -0.1) is 0 Å². The first-order valence-corrected chi connectivity index (χ1v) is 9.57. The maximum absolute atomic E-state index is 13.0. The summed E-state index contributed by atoms with van der Waals surface area (Å²) in [6, 6.07) is 18.8. The largest absolute Gasteiger partial charge is 0.321 e. The fourth-order valence-corrected chi connectivity index (χ4v) is 3.55. The van der Waals surface area contributed by atoms with Crippen LogP contribution in [0.3, 0.4) is 0 Å². The summed E-state index contributed by atoms with van der Waals surface area (Å²) in [7, 11) is -4.02. The second-order valence-corrected chi connectivity index (χ2v) is 7.40. The van der Waals surface area contributed by atoms with E-state index in [1.54, 1.807) is 36.4 Å². The van der Waals surface area contributed by atoms with E-state index in [1.807, 2.05) is 6.07 Å².